The molecule has 1 aromatic heterocycles. The SMILES string of the molecule is Nc1cc2oc(=O)[nH]c2cc1NCc1cccc(Cl)c1. The number of nitrogens with one attached hydrogen (secondary N) is 2. The van der Waals surface area contributed by atoms with Gasteiger partial charge >= 0.3 is 5.76 Å². The molecule has 0 bridgehead atoms. The van der Waals surface area contributed by atoms with Gasteiger partial charge in [-0.05, 0) is 23.8 Å². The second-order valence-corrected chi connectivity index (χ2v) is 4.87. The van der Waals surface area contributed by atoms with E-state index >= 15 is 0 Å². The molecular formula is C14H12ClN3O2. The van der Waals surface area contributed by atoms with Gasteiger partial charge in [0.05, 0.1) is 16.9 Å². The summed E-state index contributed by atoms with van der Waals surface area (Å²) in [6.45, 7) is 0.582. The molecule has 1 heterocycles. The highest BCUT2D eigenvalue weighted by Gasteiger charge is 2.06. The number of hydrogen-bond donors (Lipinski definition) is 3. The topological polar surface area (TPSA) is 84.0 Å². The van der Waals surface area contributed by atoms with E-state index in [1.807, 2.05) is 24.3 Å². The van der Waals surface area contributed by atoms with Crippen molar-refractivity contribution in [3.8, 4) is 0 Å². The van der Waals surface area contributed by atoms with Gasteiger partial charge in [0.2, 0.25) is 0 Å². The first-order valence-corrected chi connectivity index (χ1v) is 6.40. The van der Waals surface area contributed by atoms with Crippen LogP contribution in [0.5, 0.6) is 0 Å². The predicted molar refractivity (Wildman–Crippen MR) is 80.0 cm³/mol. The molecule has 0 aliphatic rings. The molecule has 20 heavy (non-hydrogen) atoms. The number of nitrogens with two attached hydrogens (primary N) is 1. The van der Waals surface area contributed by atoms with E-state index in [1.54, 1.807) is 12.1 Å². The maximum Gasteiger partial charge on any atom is 0.417 e. The van der Waals surface area contributed by atoms with Crippen LogP contribution in [-0.2, 0) is 6.54 Å². The average Bonchev–Trinajstić information content (AvgIpc) is 2.75. The number of aromatic nitrogens is 1. The Labute approximate surface area is 119 Å². The van der Waals surface area contributed by atoms with Gasteiger partial charge in [0.1, 0.15) is 0 Å². The number of fused-ring (bicyclic) bond motifs is 1. The summed E-state index contributed by atoms with van der Waals surface area (Å²) >= 11 is 5.93. The summed E-state index contributed by atoms with van der Waals surface area (Å²) < 4.78 is 4.95. The molecule has 3 rings (SSSR count). The van der Waals surface area contributed by atoms with Crippen molar-refractivity contribution in [3.05, 3.63) is 57.5 Å². The van der Waals surface area contributed by atoms with Crippen LogP contribution in [0.3, 0.4) is 0 Å². The van der Waals surface area contributed by atoms with Crippen molar-refractivity contribution in [1.29, 1.82) is 0 Å². The number of hydrogen-bond acceptors (Lipinski definition) is 4. The molecule has 6 heteroatoms. The summed E-state index contributed by atoms with van der Waals surface area (Å²) in [5, 5.41) is 3.90. The second kappa shape index (κ2) is 4.94. The largest absolute Gasteiger partial charge is 0.417 e. The maximum absolute atomic E-state index is 11.1. The first-order chi connectivity index (χ1) is 9.61. The Bertz CT molecular complexity index is 823. The zero-order chi connectivity index (χ0) is 14.1. The van der Waals surface area contributed by atoms with E-state index < -0.39 is 5.76 Å². The molecule has 0 unspecified atom stereocenters. The molecule has 5 nitrogen and oxygen atoms in total. The highest BCUT2D eigenvalue weighted by Crippen LogP contribution is 2.25. The van der Waals surface area contributed by atoms with E-state index in [9.17, 15) is 4.79 Å². The quantitative estimate of drug-likeness (QED) is 0.647. The number of aromatic amines is 1. The Morgan fingerprint density at radius 3 is 2.95 bits per heavy atom. The van der Waals surface area contributed by atoms with Gasteiger partial charge in [-0.1, -0.05) is 23.7 Å². The second-order valence-electron chi connectivity index (χ2n) is 4.43. The van der Waals surface area contributed by atoms with Gasteiger partial charge < -0.3 is 15.5 Å². The van der Waals surface area contributed by atoms with Crippen LogP contribution in [0.1, 0.15) is 5.56 Å². The van der Waals surface area contributed by atoms with Crippen LogP contribution in [0, 0.1) is 0 Å². The van der Waals surface area contributed by atoms with Crippen LogP contribution in [0.4, 0.5) is 11.4 Å². The molecule has 2 aromatic carbocycles. The van der Waals surface area contributed by atoms with Gasteiger partial charge in [0.15, 0.2) is 5.58 Å². The van der Waals surface area contributed by atoms with Crippen LogP contribution in [0.2, 0.25) is 5.02 Å². The zero-order valence-electron chi connectivity index (χ0n) is 10.4. The van der Waals surface area contributed by atoms with E-state index in [4.69, 9.17) is 21.8 Å². The highest BCUT2D eigenvalue weighted by molar-refractivity contribution is 6.30. The number of oxazole rings is 1. The fourth-order valence-electron chi connectivity index (χ4n) is 2.01. The fourth-order valence-corrected chi connectivity index (χ4v) is 2.22. The standard InChI is InChI=1S/C14H12ClN3O2/c15-9-3-1-2-8(4-9)7-17-11-6-12-13(5-10(11)16)20-14(19)18-12/h1-6,17H,7,16H2,(H,18,19). The first kappa shape index (κ1) is 12.6. The van der Waals surface area contributed by atoms with E-state index in [0.717, 1.165) is 11.3 Å². The minimum Gasteiger partial charge on any atom is -0.408 e. The summed E-state index contributed by atoms with van der Waals surface area (Å²) in [7, 11) is 0. The molecule has 0 aliphatic heterocycles. The number of anilines is 2. The number of rotatable bonds is 3. The van der Waals surface area contributed by atoms with Crippen molar-refractivity contribution in [3.63, 3.8) is 0 Å². The third-order valence-corrected chi connectivity index (χ3v) is 3.20. The third-order valence-electron chi connectivity index (χ3n) is 2.96. The molecule has 0 atom stereocenters. The van der Waals surface area contributed by atoms with Crippen molar-refractivity contribution in [1.82, 2.24) is 4.98 Å². The van der Waals surface area contributed by atoms with Crippen molar-refractivity contribution >= 4 is 34.1 Å². The molecule has 0 saturated carbocycles. The Morgan fingerprint density at radius 2 is 2.15 bits per heavy atom. The summed E-state index contributed by atoms with van der Waals surface area (Å²) in [5.41, 5.74) is 9.27. The van der Waals surface area contributed by atoms with Crippen LogP contribution in [-0.4, -0.2) is 4.98 Å². The minimum atomic E-state index is -0.494. The lowest BCUT2D eigenvalue weighted by Crippen LogP contribution is -2.02. The van der Waals surface area contributed by atoms with Gasteiger partial charge in [-0.3, -0.25) is 4.98 Å². The molecule has 0 aliphatic carbocycles. The molecule has 3 aromatic rings. The molecule has 0 fully saturated rings. The van der Waals surface area contributed by atoms with Crippen molar-refractivity contribution in [2.45, 2.75) is 6.54 Å². The van der Waals surface area contributed by atoms with Crippen LogP contribution in [0.25, 0.3) is 11.1 Å². The number of benzene rings is 2. The number of H-pyrrole nitrogens is 1. The molecule has 4 N–H and O–H groups in total. The first-order valence-electron chi connectivity index (χ1n) is 6.02. The van der Waals surface area contributed by atoms with Gasteiger partial charge in [-0.15, -0.1) is 0 Å². The van der Waals surface area contributed by atoms with Gasteiger partial charge in [-0.2, -0.15) is 0 Å². The summed E-state index contributed by atoms with van der Waals surface area (Å²) in [6.07, 6.45) is 0. The molecule has 0 amide bonds. The maximum atomic E-state index is 11.1. The third kappa shape index (κ3) is 2.48. The zero-order valence-corrected chi connectivity index (χ0v) is 11.2. The fraction of sp³-hybridized carbons (Fsp3) is 0.0714. The predicted octanol–water partition coefficient (Wildman–Crippen LogP) is 2.97. The number of halogens is 1. The summed E-state index contributed by atoms with van der Waals surface area (Å²) in [6, 6.07) is 10.9. The van der Waals surface area contributed by atoms with Gasteiger partial charge in [0, 0.05) is 17.6 Å². The van der Waals surface area contributed by atoms with Crippen molar-refractivity contribution in [2.75, 3.05) is 11.1 Å². The molecule has 0 spiro atoms. The van der Waals surface area contributed by atoms with Gasteiger partial charge in [-0.25, -0.2) is 4.79 Å². The normalized spacial score (nSPS) is 10.8. The lowest BCUT2D eigenvalue weighted by Gasteiger charge is -2.09. The van der Waals surface area contributed by atoms with Crippen molar-refractivity contribution in [2.24, 2.45) is 0 Å². The highest BCUT2D eigenvalue weighted by atomic mass is 35.5. The monoisotopic (exact) mass is 289 g/mol. The molecular weight excluding hydrogens is 278 g/mol. The van der Waals surface area contributed by atoms with Crippen molar-refractivity contribution < 1.29 is 4.42 Å². The molecule has 0 radical (unpaired) electrons. The van der Waals surface area contributed by atoms with E-state index in [2.05, 4.69) is 10.3 Å². The molecule has 102 valence electrons. The lowest BCUT2D eigenvalue weighted by atomic mass is 10.2. The average molecular weight is 290 g/mol. The van der Waals surface area contributed by atoms with E-state index in [0.29, 0.717) is 28.4 Å². The Hall–Kier alpha value is -2.40. The number of nitrogen functional groups attached to an aromatic ring is 1. The van der Waals surface area contributed by atoms with Crippen LogP contribution in [0.15, 0.2) is 45.6 Å². The molecule has 0 saturated heterocycles. The van der Waals surface area contributed by atoms with Gasteiger partial charge in [0.25, 0.3) is 0 Å². The Morgan fingerprint density at radius 1 is 1.30 bits per heavy atom. The summed E-state index contributed by atoms with van der Waals surface area (Å²) in [4.78, 5) is 13.7. The van der Waals surface area contributed by atoms with Crippen LogP contribution >= 0.6 is 11.6 Å². The lowest BCUT2D eigenvalue weighted by molar-refractivity contribution is 0.555. The Kier molecular flexibility index (Phi) is 3.12. The van der Waals surface area contributed by atoms with Crippen LogP contribution < -0.4 is 16.8 Å². The smallest absolute Gasteiger partial charge is 0.408 e. The van der Waals surface area contributed by atoms with E-state index in [-0.39, 0.29) is 0 Å². The minimum absolute atomic E-state index is 0.445. The van der Waals surface area contributed by atoms with E-state index in [1.165, 1.54) is 0 Å². The summed E-state index contributed by atoms with van der Waals surface area (Å²) in [5.74, 6) is -0.494. The Balaban J connectivity index is 1.86.